The van der Waals surface area contributed by atoms with E-state index in [2.05, 4.69) is 22.7 Å². The van der Waals surface area contributed by atoms with Crippen molar-refractivity contribution in [3.63, 3.8) is 0 Å². The zero-order chi connectivity index (χ0) is 21.5. The molecule has 5 rings (SSSR count). The van der Waals surface area contributed by atoms with Gasteiger partial charge in [-0.1, -0.05) is 25.7 Å². The zero-order valence-electron chi connectivity index (χ0n) is 18.1. The molecule has 4 fully saturated rings. The number of carbonyl (C=O) groups excluding carboxylic acids is 1. The molecule has 1 aromatic carbocycles. The highest BCUT2D eigenvalue weighted by Crippen LogP contribution is 2.61. The summed E-state index contributed by atoms with van der Waals surface area (Å²) in [6.45, 7) is 7.67. The molecular weight excluding hydrogens is 391 g/mol. The zero-order valence-corrected chi connectivity index (χ0v) is 19.2. The minimum absolute atomic E-state index is 0.0382. The highest BCUT2D eigenvalue weighted by atomic mass is 31.0. The summed E-state index contributed by atoms with van der Waals surface area (Å²) in [5, 5.41) is 10.7. The van der Waals surface area contributed by atoms with E-state index in [-0.39, 0.29) is 17.0 Å². The Morgan fingerprint density at radius 3 is 2.33 bits per heavy atom. The smallest absolute Gasteiger partial charge is 0.343 e. The van der Waals surface area contributed by atoms with E-state index >= 15 is 0 Å². The molecule has 0 amide bonds. The van der Waals surface area contributed by atoms with Crippen molar-refractivity contribution >= 4 is 15.2 Å². The van der Waals surface area contributed by atoms with Crippen molar-refractivity contribution in [1.82, 2.24) is 0 Å². The highest BCUT2D eigenvalue weighted by Gasteiger charge is 2.52. The quantitative estimate of drug-likeness (QED) is 0.252. The van der Waals surface area contributed by atoms with Crippen LogP contribution in [-0.2, 0) is 10.2 Å². The number of carbonyl (C=O) groups is 1. The molecule has 4 heteroatoms. The van der Waals surface area contributed by atoms with Crippen LogP contribution in [-0.4, -0.2) is 16.7 Å². The average molecular weight is 425 g/mol. The molecule has 4 bridgehead atoms. The first-order valence-corrected chi connectivity index (χ1v) is 11.8. The summed E-state index contributed by atoms with van der Waals surface area (Å²) in [5.74, 6) is 2.83. The molecule has 4 saturated carbocycles. The summed E-state index contributed by atoms with van der Waals surface area (Å²) in [7, 11) is 2.73. The van der Waals surface area contributed by atoms with Crippen LogP contribution >= 0.6 is 9.24 Å². The lowest BCUT2D eigenvalue weighted by molar-refractivity contribution is -0.00616. The molecule has 1 aromatic rings. The van der Waals surface area contributed by atoms with Gasteiger partial charge in [-0.2, -0.15) is 0 Å². The fourth-order valence-corrected chi connectivity index (χ4v) is 6.63. The van der Waals surface area contributed by atoms with Gasteiger partial charge in [0.1, 0.15) is 11.5 Å². The van der Waals surface area contributed by atoms with Gasteiger partial charge in [0.05, 0.1) is 5.56 Å². The minimum Gasteiger partial charge on any atom is -0.508 e. The summed E-state index contributed by atoms with van der Waals surface area (Å²) in [4.78, 5) is 12.8. The number of hydrogen-bond acceptors (Lipinski definition) is 3. The van der Waals surface area contributed by atoms with E-state index in [0.29, 0.717) is 17.1 Å². The van der Waals surface area contributed by atoms with Gasteiger partial charge in [0.15, 0.2) is 0 Å². The Morgan fingerprint density at radius 2 is 1.80 bits per heavy atom. The number of allylic oxidation sites excluding steroid dienone is 5. The lowest BCUT2D eigenvalue weighted by Crippen LogP contribution is -2.48. The maximum atomic E-state index is 12.8. The van der Waals surface area contributed by atoms with E-state index in [1.165, 1.54) is 19.3 Å². The summed E-state index contributed by atoms with van der Waals surface area (Å²) in [6, 6.07) is 5.24. The number of ether oxygens (including phenoxy) is 1. The Labute approximate surface area is 182 Å². The lowest BCUT2D eigenvalue weighted by Gasteiger charge is -2.57. The second kappa shape index (κ2) is 8.35. The Morgan fingerprint density at radius 1 is 1.20 bits per heavy atom. The van der Waals surface area contributed by atoms with Gasteiger partial charge < -0.3 is 9.84 Å². The standard InChI is InChI=1S/C26H33O3P/c1-4-21(17(3)30)6-5-16(2)29-25(28)22-7-8-24(27)23(12-22)26-13-18-9-19(14-26)11-20(10-18)15-26/h4-8,12,17-20,27H,1,9-11,13-15,30H2,2-3H3/b16-5+,21-6+. The van der Waals surface area contributed by atoms with E-state index in [0.717, 1.165) is 48.2 Å². The SMILES string of the molecule is C=C/C(=C\C=C(/C)OC(=O)c1ccc(O)c(C23CC4CC(CC(C4)C2)C3)c1)C(C)P. The number of benzene rings is 1. The summed E-state index contributed by atoms with van der Waals surface area (Å²) < 4.78 is 5.58. The Hall–Kier alpha value is -1.86. The van der Waals surface area contributed by atoms with Crippen LogP contribution in [0.4, 0.5) is 0 Å². The normalized spacial score (nSPS) is 31.5. The molecule has 0 aliphatic heterocycles. The first kappa shape index (κ1) is 21.4. The maximum Gasteiger partial charge on any atom is 0.343 e. The van der Waals surface area contributed by atoms with Gasteiger partial charge in [-0.25, -0.2) is 4.79 Å². The van der Waals surface area contributed by atoms with Crippen molar-refractivity contribution in [2.75, 3.05) is 0 Å². The number of hydrogen-bond donors (Lipinski definition) is 1. The van der Waals surface area contributed by atoms with Crippen molar-refractivity contribution in [1.29, 1.82) is 0 Å². The monoisotopic (exact) mass is 424 g/mol. The van der Waals surface area contributed by atoms with Crippen LogP contribution in [0.25, 0.3) is 0 Å². The van der Waals surface area contributed by atoms with Crippen molar-refractivity contribution in [3.05, 3.63) is 65.5 Å². The molecule has 2 unspecified atom stereocenters. The molecule has 1 N–H and O–H groups in total. The Balaban J connectivity index is 1.55. The van der Waals surface area contributed by atoms with Crippen LogP contribution in [0, 0.1) is 17.8 Å². The summed E-state index contributed by atoms with van der Waals surface area (Å²) in [5.41, 5.74) is 2.85. The van der Waals surface area contributed by atoms with Crippen LogP contribution in [0.3, 0.4) is 0 Å². The van der Waals surface area contributed by atoms with Crippen LogP contribution < -0.4 is 0 Å². The molecule has 0 spiro atoms. The van der Waals surface area contributed by atoms with Gasteiger partial charge in [-0.3, -0.25) is 0 Å². The second-order valence-corrected chi connectivity index (χ2v) is 10.8. The van der Waals surface area contributed by atoms with Crippen molar-refractivity contribution in [2.45, 2.75) is 63.4 Å². The molecule has 4 aliphatic rings. The number of phenols is 1. The topological polar surface area (TPSA) is 46.5 Å². The third kappa shape index (κ3) is 4.14. The minimum atomic E-state index is -0.373. The summed E-state index contributed by atoms with van der Waals surface area (Å²) in [6.07, 6.45) is 13.0. The predicted molar refractivity (Wildman–Crippen MR) is 125 cm³/mol. The number of phenolic OH excluding ortho intramolecular Hbond substituents is 1. The molecule has 30 heavy (non-hydrogen) atoms. The van der Waals surface area contributed by atoms with E-state index in [1.807, 2.05) is 12.1 Å². The van der Waals surface area contributed by atoms with Crippen molar-refractivity contribution in [2.24, 2.45) is 17.8 Å². The first-order chi connectivity index (χ1) is 14.3. The lowest BCUT2D eigenvalue weighted by atomic mass is 9.48. The first-order valence-electron chi connectivity index (χ1n) is 11.1. The van der Waals surface area contributed by atoms with Gasteiger partial charge in [0.2, 0.25) is 0 Å². The number of rotatable bonds is 6. The van der Waals surface area contributed by atoms with E-state index in [9.17, 15) is 9.90 Å². The van der Waals surface area contributed by atoms with Crippen molar-refractivity contribution in [3.8, 4) is 5.75 Å². The molecule has 0 aromatic heterocycles. The van der Waals surface area contributed by atoms with Crippen LogP contribution in [0.15, 0.2) is 54.3 Å². The van der Waals surface area contributed by atoms with Crippen LogP contribution in [0.2, 0.25) is 0 Å². The third-order valence-corrected chi connectivity index (χ3v) is 7.75. The second-order valence-electron chi connectivity index (χ2n) is 9.76. The molecule has 4 aliphatic carbocycles. The number of aromatic hydroxyl groups is 1. The van der Waals surface area contributed by atoms with Gasteiger partial charge in [-0.15, -0.1) is 9.24 Å². The van der Waals surface area contributed by atoms with E-state index in [4.69, 9.17) is 4.74 Å². The average Bonchev–Trinajstić information content (AvgIpc) is 2.67. The van der Waals surface area contributed by atoms with Gasteiger partial charge >= 0.3 is 5.97 Å². The predicted octanol–water partition coefficient (Wildman–Crippen LogP) is 6.30. The Kier molecular flexibility index (Phi) is 5.95. The van der Waals surface area contributed by atoms with Gasteiger partial charge in [0.25, 0.3) is 0 Å². The molecule has 0 heterocycles. The van der Waals surface area contributed by atoms with Gasteiger partial charge in [0, 0.05) is 5.56 Å². The molecule has 0 saturated heterocycles. The molecule has 160 valence electrons. The molecule has 3 nitrogen and oxygen atoms in total. The maximum absolute atomic E-state index is 12.8. The largest absolute Gasteiger partial charge is 0.508 e. The van der Waals surface area contributed by atoms with Gasteiger partial charge in [-0.05, 0) is 104 Å². The molecule has 0 radical (unpaired) electrons. The van der Waals surface area contributed by atoms with Crippen LogP contribution in [0.5, 0.6) is 5.75 Å². The summed E-state index contributed by atoms with van der Waals surface area (Å²) >= 11 is 0. The van der Waals surface area contributed by atoms with E-state index < -0.39 is 0 Å². The fourth-order valence-electron chi connectivity index (χ4n) is 6.39. The molecule has 2 atom stereocenters. The van der Waals surface area contributed by atoms with E-state index in [1.54, 1.807) is 31.2 Å². The Bertz CT molecular complexity index is 874. The highest BCUT2D eigenvalue weighted by molar-refractivity contribution is 7.18. The third-order valence-electron chi connectivity index (χ3n) is 7.37. The number of esters is 1. The fraction of sp³-hybridized carbons (Fsp3) is 0.500. The molecular formula is C26H33O3P. The van der Waals surface area contributed by atoms with Crippen molar-refractivity contribution < 1.29 is 14.6 Å². The van der Waals surface area contributed by atoms with Crippen LogP contribution in [0.1, 0.15) is 68.3 Å².